The number of amides is 2. The molecule has 1 saturated heterocycles. The zero-order chi connectivity index (χ0) is 30.5. The van der Waals surface area contributed by atoms with Crippen molar-refractivity contribution in [2.45, 2.75) is 17.5 Å². The molecule has 1 aromatic heterocycles. The van der Waals surface area contributed by atoms with Crippen molar-refractivity contribution in [1.82, 2.24) is 15.2 Å². The summed E-state index contributed by atoms with van der Waals surface area (Å²) >= 11 is 2.26. The molecule has 3 aromatic rings. The number of nitrogen functional groups attached to an aromatic ring is 1. The Morgan fingerprint density at radius 3 is 2.37 bits per heavy atom. The second kappa shape index (κ2) is 12.8. The van der Waals surface area contributed by atoms with Crippen molar-refractivity contribution in [3.05, 3.63) is 94.1 Å². The Kier molecular flexibility index (Phi) is 8.74. The maximum atomic E-state index is 13.3. The number of oxime groups is 1. The first-order chi connectivity index (χ1) is 20.8. The molecular weight excluding hydrogens is 594 g/mol. The fourth-order valence-corrected chi connectivity index (χ4v) is 6.28. The van der Waals surface area contributed by atoms with Gasteiger partial charge in [-0.3, -0.25) is 14.5 Å². The topological polar surface area (TPSA) is 174 Å². The van der Waals surface area contributed by atoms with Gasteiger partial charge < -0.3 is 25.7 Å². The molecule has 2 aliphatic rings. The van der Waals surface area contributed by atoms with E-state index < -0.39 is 47.9 Å². The molecule has 4 N–H and O–H groups in total. The van der Waals surface area contributed by atoms with E-state index in [-0.39, 0.29) is 33.6 Å². The van der Waals surface area contributed by atoms with E-state index in [9.17, 15) is 24.3 Å². The standard InChI is InChI=1S/C29H23N5O7S2/c1-2-16-14-42-27-22(26(37)34(27)23(16)28(38)39)32-25(36)21(19-15-43-29(30)31-19)33-40-13-20(35)41-24(17-9-5-3-6-10-17)18-11-7-4-8-12-18/h1,3-12,15,22,24,27H,13-14H2,(H2,30,31)(H,32,36)(H,38,39)/b33-21+/t22?,27-/m1/s1. The van der Waals surface area contributed by atoms with Crippen molar-refractivity contribution in [1.29, 1.82) is 0 Å². The number of aromatic nitrogens is 1. The first-order valence-electron chi connectivity index (χ1n) is 12.7. The Morgan fingerprint density at radius 1 is 1.16 bits per heavy atom. The molecule has 2 aliphatic heterocycles. The van der Waals surface area contributed by atoms with Gasteiger partial charge in [-0.1, -0.05) is 71.7 Å². The van der Waals surface area contributed by atoms with E-state index in [2.05, 4.69) is 21.4 Å². The van der Waals surface area contributed by atoms with E-state index in [0.717, 1.165) is 27.4 Å². The van der Waals surface area contributed by atoms with Gasteiger partial charge in [-0.25, -0.2) is 14.6 Å². The number of hydrogen-bond donors (Lipinski definition) is 3. The van der Waals surface area contributed by atoms with Crippen LogP contribution in [-0.4, -0.2) is 68.2 Å². The van der Waals surface area contributed by atoms with Gasteiger partial charge in [-0.15, -0.1) is 29.5 Å². The third kappa shape index (κ3) is 6.22. The van der Waals surface area contributed by atoms with E-state index in [0.29, 0.717) is 0 Å². The summed E-state index contributed by atoms with van der Waals surface area (Å²) in [5.41, 5.74) is 6.85. The number of carboxylic acid groups (broad SMARTS) is 1. The van der Waals surface area contributed by atoms with Gasteiger partial charge in [0, 0.05) is 16.7 Å². The zero-order valence-corrected chi connectivity index (χ0v) is 23.8. The summed E-state index contributed by atoms with van der Waals surface area (Å²) in [4.78, 5) is 61.0. The van der Waals surface area contributed by atoms with Crippen LogP contribution in [0.2, 0.25) is 0 Å². The van der Waals surface area contributed by atoms with Crippen LogP contribution < -0.4 is 11.1 Å². The van der Waals surface area contributed by atoms with Crippen LogP contribution in [0.15, 0.2) is 82.5 Å². The number of β-lactam (4-membered cyclic amide) rings is 1. The molecule has 12 nitrogen and oxygen atoms in total. The van der Waals surface area contributed by atoms with Crippen LogP contribution in [0.1, 0.15) is 22.9 Å². The van der Waals surface area contributed by atoms with Crippen LogP contribution in [0, 0.1) is 12.3 Å². The Hall–Kier alpha value is -5.13. The summed E-state index contributed by atoms with van der Waals surface area (Å²) < 4.78 is 5.70. The Labute approximate surface area is 253 Å². The minimum atomic E-state index is -1.33. The molecular formula is C29H23N5O7S2. The monoisotopic (exact) mass is 617 g/mol. The van der Waals surface area contributed by atoms with Crippen molar-refractivity contribution in [3.63, 3.8) is 0 Å². The number of fused-ring (bicyclic) bond motifs is 1. The minimum absolute atomic E-state index is 0.0560. The van der Waals surface area contributed by atoms with Gasteiger partial charge in [0.25, 0.3) is 11.8 Å². The molecule has 2 aromatic carbocycles. The van der Waals surface area contributed by atoms with Gasteiger partial charge in [0.15, 0.2) is 16.9 Å². The number of rotatable bonds is 10. The lowest BCUT2D eigenvalue weighted by molar-refractivity contribution is -0.153. The highest BCUT2D eigenvalue weighted by molar-refractivity contribution is 8.00. The summed E-state index contributed by atoms with van der Waals surface area (Å²) in [6.07, 6.45) is 4.71. The number of carbonyl (C=O) groups excluding carboxylic acids is 3. The number of esters is 1. The van der Waals surface area contributed by atoms with Gasteiger partial charge >= 0.3 is 11.9 Å². The second-order valence-corrected chi connectivity index (χ2v) is 11.1. The van der Waals surface area contributed by atoms with Crippen molar-refractivity contribution in [2.75, 3.05) is 18.1 Å². The molecule has 2 amide bonds. The number of hydrogen-bond acceptors (Lipinski definition) is 11. The summed E-state index contributed by atoms with van der Waals surface area (Å²) in [5, 5.41) is 16.9. The van der Waals surface area contributed by atoms with Crippen molar-refractivity contribution < 1.29 is 33.9 Å². The van der Waals surface area contributed by atoms with Gasteiger partial charge in [0.2, 0.25) is 6.61 Å². The molecule has 0 radical (unpaired) electrons. The number of terminal acetylenes is 1. The maximum absolute atomic E-state index is 13.3. The number of aliphatic carboxylic acids is 1. The molecule has 0 saturated carbocycles. The molecule has 1 unspecified atom stereocenters. The van der Waals surface area contributed by atoms with E-state index in [1.165, 1.54) is 17.1 Å². The Balaban J connectivity index is 1.29. The second-order valence-electron chi connectivity index (χ2n) is 9.11. The highest BCUT2D eigenvalue weighted by Crippen LogP contribution is 2.40. The predicted molar refractivity (Wildman–Crippen MR) is 158 cm³/mol. The SMILES string of the molecule is C#CC1=C(C(=O)O)N2C(=O)C(NC(=O)/C(=N/OCC(=O)OC(c3ccccc3)c3ccccc3)c3csc(N)n3)[C@H]2SC1. The quantitative estimate of drug-likeness (QED) is 0.101. The van der Waals surface area contributed by atoms with Crippen molar-refractivity contribution in [3.8, 4) is 12.3 Å². The number of nitrogens with zero attached hydrogens (tertiary/aromatic N) is 3. The lowest BCUT2D eigenvalue weighted by Crippen LogP contribution is -2.71. The summed E-state index contributed by atoms with van der Waals surface area (Å²) in [5.74, 6) is -1.09. The van der Waals surface area contributed by atoms with Crippen LogP contribution in [0.5, 0.6) is 0 Å². The fourth-order valence-electron chi connectivity index (χ4n) is 4.44. The molecule has 3 heterocycles. The highest BCUT2D eigenvalue weighted by Gasteiger charge is 2.54. The van der Waals surface area contributed by atoms with Gasteiger partial charge in [0.05, 0.1) is 0 Å². The van der Waals surface area contributed by atoms with Crippen LogP contribution in [0.4, 0.5) is 5.13 Å². The molecule has 5 rings (SSSR count). The number of thioether (sulfide) groups is 1. The van der Waals surface area contributed by atoms with E-state index in [4.69, 9.17) is 21.7 Å². The Morgan fingerprint density at radius 2 is 1.81 bits per heavy atom. The zero-order valence-electron chi connectivity index (χ0n) is 22.2. The fraction of sp³-hybridized carbons (Fsp3) is 0.172. The molecule has 0 aliphatic carbocycles. The number of ether oxygens (including phenoxy) is 1. The molecule has 1 fully saturated rings. The smallest absolute Gasteiger partial charge is 0.353 e. The molecule has 218 valence electrons. The van der Waals surface area contributed by atoms with Crippen LogP contribution in [0.3, 0.4) is 0 Å². The number of nitrogens with two attached hydrogens (primary N) is 1. The van der Waals surface area contributed by atoms with Crippen LogP contribution >= 0.6 is 23.1 Å². The van der Waals surface area contributed by atoms with Gasteiger partial charge in [-0.2, -0.15) is 0 Å². The first kappa shape index (κ1) is 29.4. The van der Waals surface area contributed by atoms with Crippen LogP contribution in [0.25, 0.3) is 0 Å². The summed E-state index contributed by atoms with van der Waals surface area (Å²) in [6.45, 7) is -0.636. The number of anilines is 1. The number of carbonyl (C=O) groups is 4. The highest BCUT2D eigenvalue weighted by atomic mass is 32.2. The normalized spacial score (nSPS) is 17.9. The predicted octanol–water partition coefficient (Wildman–Crippen LogP) is 2.15. The number of carboxylic acids is 1. The van der Waals surface area contributed by atoms with E-state index in [1.54, 1.807) is 0 Å². The third-order valence-corrected chi connectivity index (χ3v) is 8.36. The average Bonchev–Trinajstić information content (AvgIpc) is 3.46. The molecule has 2 atom stereocenters. The number of benzene rings is 2. The van der Waals surface area contributed by atoms with Crippen molar-refractivity contribution in [2.24, 2.45) is 5.16 Å². The molecule has 0 bridgehead atoms. The lowest BCUT2D eigenvalue weighted by atomic mass is 10.0. The summed E-state index contributed by atoms with van der Waals surface area (Å²) in [6, 6.07) is 17.3. The van der Waals surface area contributed by atoms with Crippen molar-refractivity contribution >= 4 is 57.7 Å². The molecule has 43 heavy (non-hydrogen) atoms. The lowest BCUT2D eigenvalue weighted by Gasteiger charge is -2.48. The summed E-state index contributed by atoms with van der Waals surface area (Å²) in [7, 11) is 0. The molecule has 0 spiro atoms. The number of nitrogens with one attached hydrogen (secondary N) is 1. The Bertz CT molecular complexity index is 1630. The minimum Gasteiger partial charge on any atom is -0.477 e. The maximum Gasteiger partial charge on any atom is 0.353 e. The largest absolute Gasteiger partial charge is 0.477 e. The average molecular weight is 618 g/mol. The molecule has 14 heteroatoms. The van der Waals surface area contributed by atoms with E-state index in [1.807, 2.05) is 60.7 Å². The first-order valence-corrected chi connectivity index (χ1v) is 14.6. The van der Waals surface area contributed by atoms with E-state index >= 15 is 0 Å². The van der Waals surface area contributed by atoms with Gasteiger partial charge in [0.1, 0.15) is 22.8 Å². The number of thiazole rings is 1. The van der Waals surface area contributed by atoms with Gasteiger partial charge in [-0.05, 0) is 11.1 Å². The van der Waals surface area contributed by atoms with Crippen LogP contribution in [-0.2, 0) is 28.8 Å². The third-order valence-electron chi connectivity index (χ3n) is 6.40.